The largest absolute Gasteiger partial charge is 0.369 e. The zero-order valence-electron chi connectivity index (χ0n) is 20.4. The number of alkyl halides is 2. The summed E-state index contributed by atoms with van der Waals surface area (Å²) in [5, 5.41) is 6.34. The SMILES string of the molecule is CC[C@](C)(CNc1cc(-c2ccc(C)nc2)ncn1)c1cccc2c(C(=O)NCC(F)F)ccnc12. The van der Waals surface area contributed by atoms with Gasteiger partial charge in [0, 0.05) is 47.1 Å². The molecule has 0 bridgehead atoms. The minimum atomic E-state index is -2.61. The highest BCUT2D eigenvalue weighted by Crippen LogP contribution is 2.34. The number of anilines is 1. The Morgan fingerprint density at radius 1 is 1.08 bits per heavy atom. The van der Waals surface area contributed by atoms with Crippen molar-refractivity contribution in [2.45, 2.75) is 39.0 Å². The minimum absolute atomic E-state index is 0.320. The summed E-state index contributed by atoms with van der Waals surface area (Å²) in [7, 11) is 0. The highest BCUT2D eigenvalue weighted by atomic mass is 19.3. The highest BCUT2D eigenvalue weighted by molar-refractivity contribution is 6.06. The third-order valence-corrected chi connectivity index (χ3v) is 6.40. The van der Waals surface area contributed by atoms with E-state index in [4.69, 9.17) is 0 Å². The van der Waals surface area contributed by atoms with Crippen LogP contribution in [0.2, 0.25) is 0 Å². The van der Waals surface area contributed by atoms with Crippen LogP contribution in [-0.4, -0.2) is 45.4 Å². The molecule has 1 atom stereocenters. The summed E-state index contributed by atoms with van der Waals surface area (Å²) in [6.45, 7) is 5.99. The van der Waals surface area contributed by atoms with E-state index in [1.54, 1.807) is 24.5 Å². The van der Waals surface area contributed by atoms with Crippen LogP contribution < -0.4 is 10.6 Å². The van der Waals surface area contributed by atoms with Gasteiger partial charge in [-0.2, -0.15) is 0 Å². The van der Waals surface area contributed by atoms with Crippen LogP contribution in [0, 0.1) is 6.92 Å². The molecule has 0 radical (unpaired) electrons. The van der Waals surface area contributed by atoms with Gasteiger partial charge in [-0.3, -0.25) is 14.8 Å². The molecule has 0 saturated heterocycles. The molecule has 0 aliphatic carbocycles. The van der Waals surface area contributed by atoms with Crippen molar-refractivity contribution in [1.82, 2.24) is 25.3 Å². The zero-order chi connectivity index (χ0) is 25.7. The van der Waals surface area contributed by atoms with E-state index in [2.05, 4.69) is 44.4 Å². The molecule has 0 unspecified atom stereocenters. The molecule has 2 N–H and O–H groups in total. The van der Waals surface area contributed by atoms with Gasteiger partial charge < -0.3 is 10.6 Å². The van der Waals surface area contributed by atoms with E-state index in [1.165, 1.54) is 6.33 Å². The summed E-state index contributed by atoms with van der Waals surface area (Å²) in [6, 6.07) is 13.0. The summed E-state index contributed by atoms with van der Waals surface area (Å²) >= 11 is 0. The normalized spacial score (nSPS) is 12.9. The average Bonchev–Trinajstić information content (AvgIpc) is 2.90. The van der Waals surface area contributed by atoms with Crippen LogP contribution in [0.3, 0.4) is 0 Å². The van der Waals surface area contributed by atoms with Crippen molar-refractivity contribution in [3.63, 3.8) is 0 Å². The standard InChI is InChI=1S/C27H28F2N6O/c1-4-27(3,15-33-24-12-22(34-16-35-24)18-9-8-17(2)31-13-18)21-7-5-6-19-20(10-11-30-25(19)21)26(36)32-14-23(28)29/h5-13,16,23H,4,14-15H2,1-3H3,(H,32,36)(H,33,34,35)/t27-/m1/s1. The number of hydrogen-bond donors (Lipinski definition) is 2. The number of amides is 1. The number of benzene rings is 1. The number of para-hydroxylation sites is 1. The van der Waals surface area contributed by atoms with Gasteiger partial charge in [0.15, 0.2) is 0 Å². The Morgan fingerprint density at radius 3 is 2.64 bits per heavy atom. The van der Waals surface area contributed by atoms with Crippen molar-refractivity contribution in [3.05, 3.63) is 78.0 Å². The van der Waals surface area contributed by atoms with E-state index in [1.807, 2.05) is 37.3 Å². The van der Waals surface area contributed by atoms with Crippen molar-refractivity contribution >= 4 is 22.6 Å². The maximum absolute atomic E-state index is 12.6. The summed E-state index contributed by atoms with van der Waals surface area (Å²) in [5.41, 5.74) is 4.19. The van der Waals surface area contributed by atoms with Gasteiger partial charge in [0.25, 0.3) is 12.3 Å². The number of carbonyl (C=O) groups is 1. The van der Waals surface area contributed by atoms with Crippen LogP contribution in [0.15, 0.2) is 61.2 Å². The van der Waals surface area contributed by atoms with Crippen LogP contribution in [0.25, 0.3) is 22.2 Å². The van der Waals surface area contributed by atoms with Crippen molar-refractivity contribution in [2.24, 2.45) is 0 Å². The lowest BCUT2D eigenvalue weighted by molar-refractivity contribution is 0.0893. The van der Waals surface area contributed by atoms with Gasteiger partial charge in [-0.1, -0.05) is 32.0 Å². The predicted molar refractivity (Wildman–Crippen MR) is 136 cm³/mol. The first kappa shape index (κ1) is 25.1. The summed E-state index contributed by atoms with van der Waals surface area (Å²) in [6.07, 6.45) is 3.01. The number of nitrogens with zero attached hydrogens (tertiary/aromatic N) is 4. The Kier molecular flexibility index (Phi) is 7.47. The maximum Gasteiger partial charge on any atom is 0.255 e. The number of pyridine rings is 2. The number of nitrogens with one attached hydrogen (secondary N) is 2. The second-order valence-electron chi connectivity index (χ2n) is 8.91. The van der Waals surface area contributed by atoms with Gasteiger partial charge in [0.1, 0.15) is 12.1 Å². The van der Waals surface area contributed by atoms with E-state index in [-0.39, 0.29) is 5.41 Å². The molecule has 36 heavy (non-hydrogen) atoms. The van der Waals surface area contributed by atoms with Gasteiger partial charge in [0.2, 0.25) is 0 Å². The lowest BCUT2D eigenvalue weighted by Gasteiger charge is -2.30. The lowest BCUT2D eigenvalue weighted by atomic mass is 9.78. The number of aryl methyl sites for hydroxylation is 1. The van der Waals surface area contributed by atoms with Gasteiger partial charge >= 0.3 is 0 Å². The highest BCUT2D eigenvalue weighted by Gasteiger charge is 2.28. The van der Waals surface area contributed by atoms with E-state index >= 15 is 0 Å². The third-order valence-electron chi connectivity index (χ3n) is 6.40. The van der Waals surface area contributed by atoms with Crippen LogP contribution in [0.5, 0.6) is 0 Å². The third kappa shape index (κ3) is 5.45. The summed E-state index contributed by atoms with van der Waals surface area (Å²) in [5.74, 6) is 0.135. The van der Waals surface area contributed by atoms with Crippen molar-refractivity contribution < 1.29 is 13.6 Å². The Labute approximate surface area is 208 Å². The molecular formula is C27H28F2N6O. The molecular weight excluding hydrogens is 462 g/mol. The van der Waals surface area contributed by atoms with E-state index in [9.17, 15) is 13.6 Å². The quantitative estimate of drug-likeness (QED) is 0.336. The molecule has 9 heteroatoms. The van der Waals surface area contributed by atoms with Crippen LogP contribution in [0.1, 0.15) is 41.9 Å². The molecule has 4 aromatic rings. The first-order chi connectivity index (χ1) is 17.3. The topological polar surface area (TPSA) is 92.7 Å². The first-order valence-electron chi connectivity index (χ1n) is 11.7. The predicted octanol–water partition coefficient (Wildman–Crippen LogP) is 5.17. The Bertz CT molecular complexity index is 1360. The molecule has 3 heterocycles. The van der Waals surface area contributed by atoms with Gasteiger partial charge in [-0.15, -0.1) is 0 Å². The average molecular weight is 491 g/mol. The van der Waals surface area contributed by atoms with Crippen molar-refractivity contribution in [1.29, 1.82) is 0 Å². The van der Waals surface area contributed by atoms with E-state index < -0.39 is 18.9 Å². The molecule has 3 aromatic heterocycles. The number of fused-ring (bicyclic) bond motifs is 1. The van der Waals surface area contributed by atoms with E-state index in [0.717, 1.165) is 28.9 Å². The monoisotopic (exact) mass is 490 g/mol. The fraction of sp³-hybridized carbons (Fsp3) is 0.296. The number of halogens is 2. The second kappa shape index (κ2) is 10.7. The molecule has 0 aliphatic heterocycles. The molecule has 0 aliphatic rings. The molecule has 0 spiro atoms. The molecule has 1 amide bonds. The number of hydrogen-bond acceptors (Lipinski definition) is 6. The smallest absolute Gasteiger partial charge is 0.255 e. The molecule has 4 rings (SSSR count). The number of carbonyl (C=O) groups excluding carboxylic acids is 1. The Morgan fingerprint density at radius 2 is 1.92 bits per heavy atom. The van der Waals surface area contributed by atoms with Gasteiger partial charge in [-0.25, -0.2) is 18.7 Å². The molecule has 186 valence electrons. The van der Waals surface area contributed by atoms with E-state index in [0.29, 0.717) is 28.8 Å². The second-order valence-corrected chi connectivity index (χ2v) is 8.91. The van der Waals surface area contributed by atoms with Gasteiger partial charge in [-0.05, 0) is 37.1 Å². The molecule has 7 nitrogen and oxygen atoms in total. The summed E-state index contributed by atoms with van der Waals surface area (Å²) in [4.78, 5) is 30.2. The van der Waals surface area contributed by atoms with Crippen LogP contribution in [0.4, 0.5) is 14.6 Å². The zero-order valence-corrected chi connectivity index (χ0v) is 20.4. The van der Waals surface area contributed by atoms with Crippen molar-refractivity contribution in [3.8, 4) is 11.3 Å². The Hall–Kier alpha value is -4.01. The molecule has 0 fully saturated rings. The summed E-state index contributed by atoms with van der Waals surface area (Å²) < 4.78 is 25.2. The van der Waals surface area contributed by atoms with Gasteiger partial charge in [0.05, 0.1) is 23.3 Å². The van der Waals surface area contributed by atoms with Crippen molar-refractivity contribution in [2.75, 3.05) is 18.4 Å². The fourth-order valence-electron chi connectivity index (χ4n) is 4.05. The Balaban J connectivity index is 1.61. The van der Waals surface area contributed by atoms with Crippen LogP contribution in [-0.2, 0) is 5.41 Å². The van der Waals surface area contributed by atoms with Crippen LogP contribution >= 0.6 is 0 Å². The lowest BCUT2D eigenvalue weighted by Crippen LogP contribution is -2.31. The molecule has 0 saturated carbocycles. The number of rotatable bonds is 9. The minimum Gasteiger partial charge on any atom is -0.369 e. The first-order valence-corrected chi connectivity index (χ1v) is 11.7. The molecule has 1 aromatic carbocycles. The maximum atomic E-state index is 12.6. The number of aromatic nitrogens is 4. The fourth-order valence-corrected chi connectivity index (χ4v) is 4.05.